The number of halogens is 1. The maximum Gasteiger partial charge on any atom is 0.325 e. The number of aromatic hydroxyl groups is 1. The van der Waals surface area contributed by atoms with Crippen molar-refractivity contribution in [2.45, 2.75) is 0 Å². The quantitative estimate of drug-likeness (QED) is 0.422. The van der Waals surface area contributed by atoms with Gasteiger partial charge in [-0.25, -0.2) is 9.78 Å². The summed E-state index contributed by atoms with van der Waals surface area (Å²) in [7, 11) is 0. The number of phenols is 1. The van der Waals surface area contributed by atoms with Gasteiger partial charge >= 0.3 is 6.03 Å². The molecule has 0 bridgehead atoms. The summed E-state index contributed by atoms with van der Waals surface area (Å²) in [6.07, 6.45) is 0. The molecule has 0 aliphatic rings. The number of carbonyl (C=O) groups excluding carboxylic acids is 1. The van der Waals surface area contributed by atoms with Crippen molar-refractivity contribution in [2.75, 3.05) is 16.4 Å². The minimum atomic E-state index is -0.450. The smallest absolute Gasteiger partial charge is 0.325 e. The summed E-state index contributed by atoms with van der Waals surface area (Å²) >= 11 is 7.11. The van der Waals surface area contributed by atoms with E-state index in [2.05, 4.69) is 15.6 Å². The monoisotopic (exact) mass is 334 g/mol. The van der Waals surface area contributed by atoms with Crippen molar-refractivity contribution in [2.24, 2.45) is 0 Å². The number of fused-ring (bicyclic) bond motifs is 1. The molecule has 2 aromatic carbocycles. The van der Waals surface area contributed by atoms with Crippen LogP contribution in [0.3, 0.4) is 0 Å². The number of benzene rings is 2. The molecule has 0 aliphatic heterocycles. The Hall–Kier alpha value is -2.51. The number of thiazole rings is 1. The number of urea groups is 1. The number of nitrogens with zero attached hydrogens (tertiary/aromatic N) is 1. The second kappa shape index (κ2) is 5.70. The first kappa shape index (κ1) is 14.4. The van der Waals surface area contributed by atoms with Gasteiger partial charge in [0.15, 0.2) is 5.13 Å². The van der Waals surface area contributed by atoms with Gasteiger partial charge in [0.2, 0.25) is 0 Å². The van der Waals surface area contributed by atoms with Crippen molar-refractivity contribution in [3.63, 3.8) is 0 Å². The van der Waals surface area contributed by atoms with Crippen molar-refractivity contribution in [3.05, 3.63) is 41.4 Å². The standard InChI is InChI=1S/C14H11ClN4O2S/c15-9-6-8(2-4-11(9)20)17-13(21)19-14-18-10-3-1-7(16)5-12(10)22-14/h1-6,20H,16H2,(H2,17,18,19,21). The summed E-state index contributed by atoms with van der Waals surface area (Å²) < 4.78 is 0.892. The van der Waals surface area contributed by atoms with Crippen LogP contribution in [-0.4, -0.2) is 16.1 Å². The van der Waals surface area contributed by atoms with E-state index in [9.17, 15) is 9.90 Å². The molecule has 112 valence electrons. The van der Waals surface area contributed by atoms with Crippen LogP contribution in [0.1, 0.15) is 0 Å². The summed E-state index contributed by atoms with van der Waals surface area (Å²) in [5.41, 5.74) is 7.58. The number of phenolic OH excluding ortho intramolecular Hbond substituents is 1. The number of anilines is 3. The Morgan fingerprint density at radius 3 is 2.82 bits per heavy atom. The number of hydrogen-bond acceptors (Lipinski definition) is 5. The molecule has 22 heavy (non-hydrogen) atoms. The molecular weight excluding hydrogens is 324 g/mol. The van der Waals surface area contributed by atoms with E-state index < -0.39 is 6.03 Å². The molecular formula is C14H11ClN4O2S. The number of rotatable bonds is 2. The molecule has 0 unspecified atom stereocenters. The summed E-state index contributed by atoms with van der Waals surface area (Å²) in [4.78, 5) is 16.2. The number of hydrogen-bond donors (Lipinski definition) is 4. The van der Waals surface area contributed by atoms with Crippen molar-refractivity contribution >= 4 is 55.7 Å². The van der Waals surface area contributed by atoms with Crippen molar-refractivity contribution < 1.29 is 9.90 Å². The van der Waals surface area contributed by atoms with Gasteiger partial charge in [-0.1, -0.05) is 22.9 Å². The highest BCUT2D eigenvalue weighted by Crippen LogP contribution is 2.28. The van der Waals surface area contributed by atoms with Crippen LogP contribution in [0.2, 0.25) is 5.02 Å². The van der Waals surface area contributed by atoms with E-state index in [1.807, 2.05) is 0 Å². The second-order valence-corrected chi connectivity index (χ2v) is 5.93. The van der Waals surface area contributed by atoms with Crippen molar-refractivity contribution in [1.82, 2.24) is 4.98 Å². The van der Waals surface area contributed by atoms with Crippen LogP contribution < -0.4 is 16.4 Å². The Morgan fingerprint density at radius 1 is 1.23 bits per heavy atom. The second-order valence-electron chi connectivity index (χ2n) is 4.49. The predicted molar refractivity (Wildman–Crippen MR) is 89.8 cm³/mol. The van der Waals surface area contributed by atoms with Crippen LogP contribution in [0.25, 0.3) is 10.2 Å². The lowest BCUT2D eigenvalue weighted by molar-refractivity contribution is 0.262. The highest BCUT2D eigenvalue weighted by molar-refractivity contribution is 7.22. The first-order valence-electron chi connectivity index (χ1n) is 6.24. The zero-order valence-corrected chi connectivity index (χ0v) is 12.7. The van der Waals surface area contributed by atoms with Crippen LogP contribution in [0.5, 0.6) is 5.75 Å². The van der Waals surface area contributed by atoms with Gasteiger partial charge in [-0.2, -0.15) is 0 Å². The van der Waals surface area contributed by atoms with Gasteiger partial charge in [0.25, 0.3) is 0 Å². The summed E-state index contributed by atoms with van der Waals surface area (Å²) in [5, 5.41) is 15.2. The highest BCUT2D eigenvalue weighted by atomic mass is 35.5. The molecule has 2 amide bonds. The highest BCUT2D eigenvalue weighted by Gasteiger charge is 2.09. The van der Waals surface area contributed by atoms with E-state index in [4.69, 9.17) is 17.3 Å². The lowest BCUT2D eigenvalue weighted by Crippen LogP contribution is -2.19. The summed E-state index contributed by atoms with van der Waals surface area (Å²) in [5.74, 6) is -0.0450. The molecule has 1 aromatic heterocycles. The first-order valence-corrected chi connectivity index (χ1v) is 7.43. The fourth-order valence-electron chi connectivity index (χ4n) is 1.84. The Bertz CT molecular complexity index is 865. The van der Waals surface area contributed by atoms with Crippen LogP contribution in [0.4, 0.5) is 21.3 Å². The summed E-state index contributed by atoms with van der Waals surface area (Å²) in [6.45, 7) is 0. The molecule has 0 saturated carbocycles. The number of nitrogens with one attached hydrogen (secondary N) is 2. The molecule has 0 atom stereocenters. The maximum absolute atomic E-state index is 11.9. The van der Waals surface area contributed by atoms with Crippen molar-refractivity contribution in [1.29, 1.82) is 0 Å². The van der Waals surface area contributed by atoms with Crippen molar-refractivity contribution in [3.8, 4) is 5.75 Å². The molecule has 0 fully saturated rings. The Balaban J connectivity index is 1.73. The number of aromatic nitrogens is 1. The number of nitrogen functional groups attached to an aromatic ring is 1. The van der Waals surface area contributed by atoms with Gasteiger partial charge in [0, 0.05) is 11.4 Å². The molecule has 3 rings (SSSR count). The van der Waals surface area contributed by atoms with E-state index in [1.165, 1.54) is 23.5 Å². The minimum absolute atomic E-state index is 0.0450. The number of nitrogens with two attached hydrogens (primary N) is 1. The zero-order valence-electron chi connectivity index (χ0n) is 11.1. The molecule has 5 N–H and O–H groups in total. The normalized spacial score (nSPS) is 10.6. The van der Waals surface area contributed by atoms with E-state index in [0.717, 1.165) is 10.2 Å². The largest absolute Gasteiger partial charge is 0.506 e. The molecule has 0 spiro atoms. The van der Waals surface area contributed by atoms with E-state index in [0.29, 0.717) is 16.5 Å². The Kier molecular flexibility index (Phi) is 3.74. The maximum atomic E-state index is 11.9. The van der Waals surface area contributed by atoms with Gasteiger partial charge in [-0.3, -0.25) is 5.32 Å². The zero-order chi connectivity index (χ0) is 15.7. The third-order valence-electron chi connectivity index (χ3n) is 2.84. The molecule has 1 heterocycles. The number of carbonyl (C=O) groups is 1. The topological polar surface area (TPSA) is 100 Å². The van der Waals surface area contributed by atoms with Gasteiger partial charge in [-0.05, 0) is 36.4 Å². The average molecular weight is 335 g/mol. The first-order chi connectivity index (χ1) is 10.5. The fraction of sp³-hybridized carbons (Fsp3) is 0. The third kappa shape index (κ3) is 3.05. The molecule has 3 aromatic rings. The third-order valence-corrected chi connectivity index (χ3v) is 4.07. The number of amides is 2. The van der Waals surface area contributed by atoms with Crippen LogP contribution in [0.15, 0.2) is 36.4 Å². The molecule has 0 aliphatic carbocycles. The summed E-state index contributed by atoms with van der Waals surface area (Å²) in [6, 6.07) is 9.30. The van der Waals surface area contributed by atoms with Gasteiger partial charge < -0.3 is 16.2 Å². The van der Waals surface area contributed by atoms with Gasteiger partial charge in [-0.15, -0.1) is 0 Å². The van der Waals surface area contributed by atoms with Crippen LogP contribution in [0, 0.1) is 0 Å². The van der Waals surface area contributed by atoms with Crippen LogP contribution in [-0.2, 0) is 0 Å². The van der Waals surface area contributed by atoms with E-state index >= 15 is 0 Å². The van der Waals surface area contributed by atoms with E-state index in [-0.39, 0.29) is 10.8 Å². The van der Waals surface area contributed by atoms with Crippen LogP contribution >= 0.6 is 22.9 Å². The molecule has 6 nitrogen and oxygen atoms in total. The average Bonchev–Trinajstić information content (AvgIpc) is 2.84. The Morgan fingerprint density at radius 2 is 2.05 bits per heavy atom. The lowest BCUT2D eigenvalue weighted by atomic mass is 10.3. The fourth-order valence-corrected chi connectivity index (χ4v) is 2.93. The molecule has 0 radical (unpaired) electrons. The SMILES string of the molecule is Nc1ccc2nc(NC(=O)Nc3ccc(O)c(Cl)c3)sc2c1. The molecule has 0 saturated heterocycles. The molecule has 8 heteroatoms. The van der Waals surface area contributed by atoms with Gasteiger partial charge in [0.05, 0.1) is 15.2 Å². The van der Waals surface area contributed by atoms with Gasteiger partial charge in [0.1, 0.15) is 5.75 Å². The Labute approximate surface area is 134 Å². The van der Waals surface area contributed by atoms with E-state index in [1.54, 1.807) is 24.3 Å². The minimum Gasteiger partial charge on any atom is -0.506 e. The lowest BCUT2D eigenvalue weighted by Gasteiger charge is -2.06. The predicted octanol–water partition coefficient (Wildman–Crippen LogP) is 3.88.